The number of aromatic nitrogens is 5. The third kappa shape index (κ3) is 5.41. The molecular weight excluding hydrogens is 396 g/mol. The minimum Gasteiger partial charge on any atom is -0.492 e. The summed E-state index contributed by atoms with van der Waals surface area (Å²) >= 11 is 0. The van der Waals surface area contributed by atoms with Gasteiger partial charge in [-0.1, -0.05) is 48.5 Å². The maximum absolute atomic E-state index is 12.5. The molecule has 2 aromatic carbocycles. The van der Waals surface area contributed by atoms with Crippen LogP contribution in [0.5, 0.6) is 5.75 Å². The summed E-state index contributed by atoms with van der Waals surface area (Å²) < 4.78 is 8.41. The molecule has 0 spiro atoms. The molecule has 0 aliphatic rings. The number of nitrogens with one attached hydrogen (secondary N) is 1. The van der Waals surface area contributed by atoms with Gasteiger partial charge in [-0.15, -0.1) is 5.10 Å². The summed E-state index contributed by atoms with van der Waals surface area (Å²) in [6.07, 6.45) is 1.54. The van der Waals surface area contributed by atoms with Gasteiger partial charge in [-0.3, -0.25) is 14.9 Å². The first kappa shape index (κ1) is 20.0. The van der Waals surface area contributed by atoms with E-state index in [-0.39, 0.29) is 30.4 Å². The highest BCUT2D eigenvalue weighted by Gasteiger charge is 2.13. The van der Waals surface area contributed by atoms with E-state index >= 15 is 0 Å². The van der Waals surface area contributed by atoms with Crippen LogP contribution >= 0.6 is 0 Å². The molecule has 0 unspecified atom stereocenters. The number of hydrogen-bond donors (Lipinski definition) is 1. The lowest BCUT2D eigenvalue weighted by Gasteiger charge is -2.08. The van der Waals surface area contributed by atoms with Crippen molar-refractivity contribution >= 4 is 11.9 Å². The van der Waals surface area contributed by atoms with E-state index in [4.69, 9.17) is 4.74 Å². The number of benzene rings is 2. The third-order valence-electron chi connectivity index (χ3n) is 4.36. The van der Waals surface area contributed by atoms with Gasteiger partial charge in [0.25, 0.3) is 11.5 Å². The summed E-state index contributed by atoms with van der Waals surface area (Å²) in [6.45, 7) is 0.987. The number of anilines is 1. The van der Waals surface area contributed by atoms with Crippen LogP contribution in [0.3, 0.4) is 0 Å². The fourth-order valence-corrected chi connectivity index (χ4v) is 2.86. The van der Waals surface area contributed by atoms with Crippen LogP contribution in [0, 0.1) is 0 Å². The van der Waals surface area contributed by atoms with Gasteiger partial charge >= 0.3 is 0 Å². The highest BCUT2D eigenvalue weighted by Crippen LogP contribution is 2.08. The number of rotatable bonds is 8. The SMILES string of the molecule is O=C(Nc1ncn(Cc2ccccc2)n1)c1ccc(=O)n(CCOc2ccccc2)n1. The summed E-state index contributed by atoms with van der Waals surface area (Å²) in [5.41, 5.74) is 0.828. The topological polar surface area (TPSA) is 104 Å². The molecule has 0 saturated carbocycles. The molecule has 9 heteroatoms. The van der Waals surface area contributed by atoms with Crippen LogP contribution in [0.4, 0.5) is 5.95 Å². The maximum Gasteiger partial charge on any atom is 0.278 e. The van der Waals surface area contributed by atoms with Crippen LogP contribution in [0.15, 0.2) is 83.9 Å². The predicted octanol–water partition coefficient (Wildman–Crippen LogP) is 2.21. The van der Waals surface area contributed by atoms with Crippen molar-refractivity contribution < 1.29 is 9.53 Å². The zero-order valence-electron chi connectivity index (χ0n) is 16.6. The first-order chi connectivity index (χ1) is 15.2. The van der Waals surface area contributed by atoms with Crippen molar-refractivity contribution in [3.05, 3.63) is 101 Å². The van der Waals surface area contributed by atoms with Crippen molar-refractivity contribution in [2.75, 3.05) is 11.9 Å². The lowest BCUT2D eigenvalue weighted by atomic mass is 10.2. The van der Waals surface area contributed by atoms with Crippen LogP contribution in [0.25, 0.3) is 0 Å². The molecule has 0 saturated heterocycles. The van der Waals surface area contributed by atoms with E-state index in [9.17, 15) is 9.59 Å². The Labute approximate surface area is 177 Å². The van der Waals surface area contributed by atoms with Gasteiger partial charge in [0, 0.05) is 6.07 Å². The summed E-state index contributed by atoms with van der Waals surface area (Å²) in [5, 5.41) is 11.0. The zero-order valence-corrected chi connectivity index (χ0v) is 16.6. The molecule has 0 bridgehead atoms. The van der Waals surface area contributed by atoms with Crippen molar-refractivity contribution in [1.29, 1.82) is 0 Å². The van der Waals surface area contributed by atoms with Crippen LogP contribution in [-0.4, -0.2) is 37.1 Å². The number of carbonyl (C=O) groups excluding carboxylic acids is 1. The number of para-hydroxylation sites is 1. The van der Waals surface area contributed by atoms with Crippen molar-refractivity contribution in [3.8, 4) is 5.75 Å². The van der Waals surface area contributed by atoms with E-state index in [0.717, 1.165) is 5.56 Å². The van der Waals surface area contributed by atoms with Crippen LogP contribution in [0.2, 0.25) is 0 Å². The van der Waals surface area contributed by atoms with Crippen LogP contribution < -0.4 is 15.6 Å². The Bertz CT molecular complexity index is 1200. The lowest BCUT2D eigenvalue weighted by molar-refractivity contribution is 0.101. The lowest BCUT2D eigenvalue weighted by Crippen LogP contribution is -2.28. The van der Waals surface area contributed by atoms with Gasteiger partial charge < -0.3 is 4.74 Å². The Hall–Kier alpha value is -4.27. The smallest absolute Gasteiger partial charge is 0.278 e. The van der Waals surface area contributed by atoms with Gasteiger partial charge in [0.2, 0.25) is 5.95 Å². The number of carbonyl (C=O) groups is 1. The number of amides is 1. The number of hydrogen-bond acceptors (Lipinski definition) is 6. The average molecular weight is 416 g/mol. The summed E-state index contributed by atoms with van der Waals surface area (Å²) in [6, 6.07) is 21.7. The molecule has 31 heavy (non-hydrogen) atoms. The van der Waals surface area contributed by atoms with Gasteiger partial charge in [0.05, 0.1) is 13.1 Å². The van der Waals surface area contributed by atoms with Crippen LogP contribution in [-0.2, 0) is 13.1 Å². The standard InChI is InChI=1S/C22H20N6O3/c29-20-12-11-19(25-28(20)13-14-31-18-9-5-2-6-10-18)21(30)24-22-23-16-27(26-22)15-17-7-3-1-4-8-17/h1-12,16H,13-15H2,(H,24,26,30). The largest absolute Gasteiger partial charge is 0.492 e. The van der Waals surface area contributed by atoms with Gasteiger partial charge in [0.1, 0.15) is 24.4 Å². The molecule has 9 nitrogen and oxygen atoms in total. The second-order valence-electron chi connectivity index (χ2n) is 6.65. The average Bonchev–Trinajstić information content (AvgIpc) is 3.23. The van der Waals surface area contributed by atoms with Gasteiger partial charge in [-0.2, -0.15) is 5.10 Å². The minimum absolute atomic E-state index is 0.0821. The number of ether oxygens (including phenoxy) is 1. The Balaban J connectivity index is 1.37. The van der Waals surface area contributed by atoms with E-state index in [2.05, 4.69) is 20.5 Å². The molecule has 0 aliphatic heterocycles. The maximum atomic E-state index is 12.5. The fourth-order valence-electron chi connectivity index (χ4n) is 2.86. The molecule has 1 amide bonds. The van der Waals surface area contributed by atoms with Gasteiger partial charge in [-0.25, -0.2) is 14.3 Å². The Kier molecular flexibility index (Phi) is 6.13. The van der Waals surface area contributed by atoms with Crippen molar-refractivity contribution in [3.63, 3.8) is 0 Å². The molecule has 0 atom stereocenters. The Morgan fingerprint density at radius 1 is 0.935 bits per heavy atom. The summed E-state index contributed by atoms with van der Waals surface area (Å²) in [7, 11) is 0. The molecule has 2 heterocycles. The van der Waals surface area contributed by atoms with Gasteiger partial charge in [-0.05, 0) is 23.8 Å². The third-order valence-corrected chi connectivity index (χ3v) is 4.36. The molecule has 1 N–H and O–H groups in total. The summed E-state index contributed by atoms with van der Waals surface area (Å²) in [4.78, 5) is 28.7. The minimum atomic E-state index is -0.504. The molecular formula is C22H20N6O3. The first-order valence-electron chi connectivity index (χ1n) is 9.68. The second-order valence-corrected chi connectivity index (χ2v) is 6.65. The predicted molar refractivity (Wildman–Crippen MR) is 114 cm³/mol. The van der Waals surface area contributed by atoms with E-state index in [0.29, 0.717) is 12.3 Å². The summed E-state index contributed by atoms with van der Waals surface area (Å²) in [5.74, 6) is 0.352. The Morgan fingerprint density at radius 2 is 1.68 bits per heavy atom. The van der Waals surface area contributed by atoms with Crippen molar-refractivity contribution in [2.45, 2.75) is 13.1 Å². The molecule has 4 aromatic rings. The number of nitrogens with zero attached hydrogens (tertiary/aromatic N) is 5. The molecule has 2 aromatic heterocycles. The highest BCUT2D eigenvalue weighted by molar-refractivity contribution is 6.01. The molecule has 0 fully saturated rings. The second kappa shape index (κ2) is 9.49. The molecule has 0 aliphatic carbocycles. The first-order valence-corrected chi connectivity index (χ1v) is 9.68. The Morgan fingerprint density at radius 3 is 2.45 bits per heavy atom. The van der Waals surface area contributed by atoms with E-state index in [1.807, 2.05) is 60.7 Å². The normalized spacial score (nSPS) is 10.6. The van der Waals surface area contributed by atoms with Crippen molar-refractivity contribution in [1.82, 2.24) is 24.5 Å². The highest BCUT2D eigenvalue weighted by atomic mass is 16.5. The molecule has 156 valence electrons. The molecule has 4 rings (SSSR count). The van der Waals surface area contributed by atoms with E-state index < -0.39 is 5.91 Å². The molecule has 0 radical (unpaired) electrons. The van der Waals surface area contributed by atoms with E-state index in [1.54, 1.807) is 4.68 Å². The van der Waals surface area contributed by atoms with Gasteiger partial charge in [0.15, 0.2) is 0 Å². The van der Waals surface area contributed by atoms with E-state index in [1.165, 1.54) is 23.1 Å². The monoisotopic (exact) mass is 416 g/mol. The zero-order chi connectivity index (χ0) is 21.5. The fraction of sp³-hybridized carbons (Fsp3) is 0.136. The van der Waals surface area contributed by atoms with Crippen molar-refractivity contribution in [2.24, 2.45) is 0 Å². The quantitative estimate of drug-likeness (QED) is 0.472. The van der Waals surface area contributed by atoms with Crippen LogP contribution in [0.1, 0.15) is 16.1 Å².